The van der Waals surface area contributed by atoms with Gasteiger partial charge in [-0.2, -0.15) is 0 Å². The van der Waals surface area contributed by atoms with Crippen LogP contribution >= 0.6 is 0 Å². The van der Waals surface area contributed by atoms with E-state index in [9.17, 15) is 9.59 Å². The highest BCUT2D eigenvalue weighted by atomic mass is 16.2. The lowest BCUT2D eigenvalue weighted by molar-refractivity contribution is 0.139. The number of benzene rings is 1. The number of urea groups is 2. The van der Waals surface area contributed by atoms with Crippen molar-refractivity contribution < 1.29 is 9.59 Å². The van der Waals surface area contributed by atoms with Crippen LogP contribution in [0.4, 0.5) is 15.3 Å². The first-order valence-electron chi connectivity index (χ1n) is 6.03. The van der Waals surface area contributed by atoms with Crippen molar-refractivity contribution in [2.24, 2.45) is 5.84 Å². The summed E-state index contributed by atoms with van der Waals surface area (Å²) < 4.78 is 0. The van der Waals surface area contributed by atoms with Crippen LogP contribution in [0.15, 0.2) is 24.3 Å². The second-order valence-electron chi connectivity index (χ2n) is 4.27. The average Bonchev–Trinajstić information content (AvgIpc) is 2.38. The Morgan fingerprint density at radius 3 is 2.53 bits per heavy atom. The third-order valence-electron chi connectivity index (χ3n) is 2.84. The third kappa shape index (κ3) is 2.51. The molecule has 1 unspecified atom stereocenters. The normalized spacial score (nSPS) is 19.6. The van der Waals surface area contributed by atoms with E-state index >= 15 is 0 Å². The first-order chi connectivity index (χ1) is 9.04. The van der Waals surface area contributed by atoms with Crippen molar-refractivity contribution in [1.82, 2.24) is 15.6 Å². The summed E-state index contributed by atoms with van der Waals surface area (Å²) in [5.41, 5.74) is 1.53. The molecular formula is C12H17N5O2. The lowest BCUT2D eigenvalue weighted by Crippen LogP contribution is -2.71. The molecule has 4 N–H and O–H groups in total. The summed E-state index contributed by atoms with van der Waals surface area (Å²) in [6.45, 7) is 4.37. The van der Waals surface area contributed by atoms with Crippen LogP contribution < -0.4 is 21.4 Å². The Labute approximate surface area is 111 Å². The molecule has 2 rings (SSSR count). The number of anilines is 1. The van der Waals surface area contributed by atoms with E-state index in [1.54, 1.807) is 12.1 Å². The van der Waals surface area contributed by atoms with Gasteiger partial charge >= 0.3 is 12.1 Å². The Bertz CT molecular complexity index is 487. The van der Waals surface area contributed by atoms with E-state index < -0.39 is 18.4 Å². The zero-order chi connectivity index (χ0) is 14.0. The fraction of sp³-hybridized carbons (Fsp3) is 0.333. The second-order valence-corrected chi connectivity index (χ2v) is 4.27. The molecule has 1 aliphatic heterocycles. The number of imide groups is 1. The number of hydrogen-bond acceptors (Lipinski definition) is 4. The Morgan fingerprint density at radius 1 is 1.32 bits per heavy atom. The zero-order valence-corrected chi connectivity index (χ0v) is 10.9. The summed E-state index contributed by atoms with van der Waals surface area (Å²) in [5.74, 6) is 5.69. The molecule has 0 spiro atoms. The molecule has 0 radical (unpaired) electrons. The number of nitrogens with one attached hydrogen (secondary N) is 2. The Morgan fingerprint density at radius 2 is 1.95 bits per heavy atom. The Hall–Kier alpha value is -2.12. The molecule has 4 amide bonds. The standard InChI is InChI=1S/C12H17N5O2/c1-3-14-10-15-11(18)16(12(19)17(10)13)9-6-4-8(2)5-7-9/h4-7,10,14H,3,13H2,1-2H3,(H,15,18). The fourth-order valence-corrected chi connectivity index (χ4v) is 1.83. The molecule has 0 aromatic heterocycles. The maximum absolute atomic E-state index is 12.1. The predicted molar refractivity (Wildman–Crippen MR) is 71.1 cm³/mol. The minimum Gasteiger partial charge on any atom is -0.303 e. The topological polar surface area (TPSA) is 90.7 Å². The van der Waals surface area contributed by atoms with Gasteiger partial charge in [0.15, 0.2) is 6.29 Å². The van der Waals surface area contributed by atoms with Gasteiger partial charge in [-0.1, -0.05) is 24.6 Å². The van der Waals surface area contributed by atoms with Crippen LogP contribution in [0.3, 0.4) is 0 Å². The van der Waals surface area contributed by atoms with Crippen molar-refractivity contribution in [1.29, 1.82) is 0 Å². The number of rotatable bonds is 3. The number of aryl methyl sites for hydroxylation is 1. The van der Waals surface area contributed by atoms with Gasteiger partial charge in [-0.3, -0.25) is 5.32 Å². The summed E-state index contributed by atoms with van der Waals surface area (Å²) in [6.07, 6.45) is -0.688. The molecule has 1 fully saturated rings. The van der Waals surface area contributed by atoms with E-state index in [1.165, 1.54) is 0 Å². The molecule has 7 heteroatoms. The maximum atomic E-state index is 12.1. The summed E-state index contributed by atoms with van der Waals surface area (Å²) in [4.78, 5) is 25.1. The van der Waals surface area contributed by atoms with Crippen LogP contribution in [-0.2, 0) is 0 Å². The lowest BCUT2D eigenvalue weighted by atomic mass is 10.2. The summed E-state index contributed by atoms with van der Waals surface area (Å²) in [6, 6.07) is 5.99. The molecule has 0 bridgehead atoms. The van der Waals surface area contributed by atoms with Gasteiger partial charge in [-0.15, -0.1) is 0 Å². The van der Waals surface area contributed by atoms with Gasteiger partial charge in [0.2, 0.25) is 0 Å². The third-order valence-corrected chi connectivity index (χ3v) is 2.84. The van der Waals surface area contributed by atoms with Gasteiger partial charge in [0, 0.05) is 0 Å². The van der Waals surface area contributed by atoms with E-state index in [4.69, 9.17) is 5.84 Å². The first kappa shape index (κ1) is 13.3. The van der Waals surface area contributed by atoms with Crippen molar-refractivity contribution in [3.8, 4) is 0 Å². The molecule has 1 heterocycles. The smallest absolute Gasteiger partial charge is 0.303 e. The minimum absolute atomic E-state index is 0.485. The SMILES string of the molecule is CCNC1NC(=O)N(c2ccc(C)cc2)C(=O)N1N. The van der Waals surface area contributed by atoms with Crippen LogP contribution in [0.2, 0.25) is 0 Å². The van der Waals surface area contributed by atoms with Crippen molar-refractivity contribution in [3.63, 3.8) is 0 Å². The van der Waals surface area contributed by atoms with Crippen LogP contribution in [-0.4, -0.2) is 29.9 Å². The molecule has 1 atom stereocenters. The van der Waals surface area contributed by atoms with E-state index in [-0.39, 0.29) is 0 Å². The summed E-state index contributed by atoms with van der Waals surface area (Å²) >= 11 is 0. The zero-order valence-electron chi connectivity index (χ0n) is 10.9. The fourth-order valence-electron chi connectivity index (χ4n) is 1.83. The highest BCUT2D eigenvalue weighted by Gasteiger charge is 2.37. The van der Waals surface area contributed by atoms with Crippen LogP contribution in [0.25, 0.3) is 0 Å². The van der Waals surface area contributed by atoms with Crippen LogP contribution in [0.1, 0.15) is 12.5 Å². The van der Waals surface area contributed by atoms with E-state index in [0.29, 0.717) is 12.2 Å². The molecule has 0 aliphatic carbocycles. The number of carbonyl (C=O) groups excluding carboxylic acids is 2. The van der Waals surface area contributed by atoms with Crippen molar-refractivity contribution >= 4 is 17.7 Å². The number of amides is 4. The van der Waals surface area contributed by atoms with Gasteiger partial charge in [-0.05, 0) is 25.6 Å². The van der Waals surface area contributed by atoms with E-state index in [0.717, 1.165) is 15.5 Å². The molecule has 1 saturated heterocycles. The molecule has 1 aromatic rings. The number of nitrogens with two attached hydrogens (primary N) is 1. The molecule has 7 nitrogen and oxygen atoms in total. The van der Waals surface area contributed by atoms with Gasteiger partial charge < -0.3 is 5.32 Å². The molecule has 1 aliphatic rings. The maximum Gasteiger partial charge on any atom is 0.349 e. The number of hydrazine groups is 1. The van der Waals surface area contributed by atoms with Crippen molar-refractivity contribution in [3.05, 3.63) is 29.8 Å². The second kappa shape index (κ2) is 5.25. The summed E-state index contributed by atoms with van der Waals surface area (Å²) in [5, 5.41) is 6.48. The quantitative estimate of drug-likeness (QED) is 0.553. The number of hydrogen-bond donors (Lipinski definition) is 3. The largest absolute Gasteiger partial charge is 0.349 e. The van der Waals surface area contributed by atoms with E-state index in [2.05, 4.69) is 10.6 Å². The predicted octanol–water partition coefficient (Wildman–Crippen LogP) is 0.713. The molecule has 1 aromatic carbocycles. The Balaban J connectivity index is 2.25. The van der Waals surface area contributed by atoms with Gasteiger partial charge in [0.05, 0.1) is 5.69 Å². The van der Waals surface area contributed by atoms with E-state index in [1.807, 2.05) is 26.0 Å². The van der Waals surface area contributed by atoms with Crippen molar-refractivity contribution in [2.75, 3.05) is 11.4 Å². The molecule has 0 saturated carbocycles. The molecular weight excluding hydrogens is 246 g/mol. The highest BCUT2D eigenvalue weighted by molar-refractivity contribution is 6.14. The molecule has 19 heavy (non-hydrogen) atoms. The number of carbonyl (C=O) groups is 2. The first-order valence-corrected chi connectivity index (χ1v) is 6.03. The monoisotopic (exact) mass is 263 g/mol. The average molecular weight is 263 g/mol. The van der Waals surface area contributed by atoms with Crippen LogP contribution in [0.5, 0.6) is 0 Å². The van der Waals surface area contributed by atoms with Crippen molar-refractivity contribution in [2.45, 2.75) is 20.1 Å². The lowest BCUT2D eigenvalue weighted by Gasteiger charge is -2.38. The van der Waals surface area contributed by atoms with Gasteiger partial charge in [0.1, 0.15) is 0 Å². The number of nitrogens with zero attached hydrogens (tertiary/aromatic N) is 2. The van der Waals surface area contributed by atoms with Gasteiger partial charge in [-0.25, -0.2) is 25.3 Å². The summed E-state index contributed by atoms with van der Waals surface area (Å²) in [7, 11) is 0. The Kier molecular flexibility index (Phi) is 3.68. The van der Waals surface area contributed by atoms with Crippen LogP contribution in [0, 0.1) is 6.92 Å². The molecule has 102 valence electrons. The highest BCUT2D eigenvalue weighted by Crippen LogP contribution is 2.19. The van der Waals surface area contributed by atoms with Gasteiger partial charge in [0.25, 0.3) is 0 Å². The minimum atomic E-state index is -0.688.